The predicted molar refractivity (Wildman–Crippen MR) is 140 cm³/mol. The summed E-state index contributed by atoms with van der Waals surface area (Å²) in [6.45, 7) is 4.44. The van der Waals surface area contributed by atoms with Crippen LogP contribution in [0.4, 0.5) is 5.69 Å². The molecule has 36 heavy (non-hydrogen) atoms. The van der Waals surface area contributed by atoms with E-state index in [1.807, 2.05) is 22.9 Å². The summed E-state index contributed by atoms with van der Waals surface area (Å²) < 4.78 is 12.8. The molecule has 8 nitrogen and oxygen atoms in total. The minimum atomic E-state index is -0.00970. The smallest absolute Gasteiger partial charge is 0.173 e. The molecule has 1 fully saturated rings. The minimum Gasteiger partial charge on any atom is -0.493 e. The van der Waals surface area contributed by atoms with Crippen LogP contribution < -0.4 is 14.4 Å². The SMILES string of the molecule is COc1ccc(CCn2nnnc2[C@@H](c2ccccc2)N2CCN(c3ccccc3)CC2)cc1OC. The van der Waals surface area contributed by atoms with Gasteiger partial charge in [0.25, 0.3) is 0 Å². The van der Waals surface area contributed by atoms with Gasteiger partial charge in [0.15, 0.2) is 17.3 Å². The third-order valence-electron chi connectivity index (χ3n) is 6.78. The number of benzene rings is 3. The van der Waals surface area contributed by atoms with E-state index in [2.05, 4.69) is 86.0 Å². The molecular formula is C28H32N6O2. The summed E-state index contributed by atoms with van der Waals surface area (Å²) in [6, 6.07) is 27.2. The number of nitrogens with zero attached hydrogens (tertiary/aromatic N) is 6. The number of aryl methyl sites for hydroxylation is 2. The quantitative estimate of drug-likeness (QED) is 0.358. The maximum atomic E-state index is 5.47. The van der Waals surface area contributed by atoms with Crippen molar-refractivity contribution in [3.8, 4) is 11.5 Å². The van der Waals surface area contributed by atoms with Crippen molar-refractivity contribution in [1.29, 1.82) is 0 Å². The molecule has 3 aromatic carbocycles. The Kier molecular flexibility index (Phi) is 7.42. The predicted octanol–water partition coefficient (Wildman–Crippen LogP) is 3.84. The third-order valence-corrected chi connectivity index (χ3v) is 6.78. The number of anilines is 1. The largest absolute Gasteiger partial charge is 0.493 e. The normalized spacial score (nSPS) is 15.0. The van der Waals surface area contributed by atoms with Gasteiger partial charge in [0.05, 0.1) is 20.3 Å². The average molecular weight is 485 g/mol. The first-order chi connectivity index (χ1) is 17.8. The van der Waals surface area contributed by atoms with Crippen LogP contribution in [-0.2, 0) is 13.0 Å². The lowest BCUT2D eigenvalue weighted by Crippen LogP contribution is -2.48. The van der Waals surface area contributed by atoms with Crippen molar-refractivity contribution in [3.05, 3.63) is 95.8 Å². The van der Waals surface area contributed by atoms with Crippen LogP contribution >= 0.6 is 0 Å². The Balaban J connectivity index is 1.35. The molecule has 1 aliphatic heterocycles. The number of tetrazole rings is 1. The summed E-state index contributed by atoms with van der Waals surface area (Å²) in [5.41, 5.74) is 3.61. The first-order valence-corrected chi connectivity index (χ1v) is 12.3. The Hall–Kier alpha value is -3.91. The maximum absolute atomic E-state index is 5.47. The van der Waals surface area contributed by atoms with E-state index in [1.165, 1.54) is 11.3 Å². The van der Waals surface area contributed by atoms with Gasteiger partial charge in [-0.05, 0) is 52.2 Å². The van der Waals surface area contributed by atoms with E-state index in [-0.39, 0.29) is 6.04 Å². The lowest BCUT2D eigenvalue weighted by molar-refractivity contribution is 0.200. The zero-order chi connectivity index (χ0) is 24.7. The van der Waals surface area contributed by atoms with Crippen molar-refractivity contribution in [2.24, 2.45) is 0 Å². The van der Waals surface area contributed by atoms with Gasteiger partial charge in [0, 0.05) is 38.4 Å². The third kappa shape index (κ3) is 5.18. The Morgan fingerprint density at radius 2 is 1.50 bits per heavy atom. The summed E-state index contributed by atoms with van der Waals surface area (Å²) in [5, 5.41) is 13.0. The molecule has 1 aromatic heterocycles. The molecule has 0 amide bonds. The summed E-state index contributed by atoms with van der Waals surface area (Å²) >= 11 is 0. The van der Waals surface area contributed by atoms with Crippen molar-refractivity contribution in [3.63, 3.8) is 0 Å². The van der Waals surface area contributed by atoms with Crippen molar-refractivity contribution in [2.45, 2.75) is 19.0 Å². The standard InChI is InChI=1S/C28H32N6O2/c1-35-25-14-13-22(21-26(25)36-2)15-16-34-28(29-30-31-34)27(23-9-5-3-6-10-23)33-19-17-32(18-20-33)24-11-7-4-8-12-24/h3-14,21,27H,15-20H2,1-2H3/t27-/m1/s1. The average Bonchev–Trinajstić information content (AvgIpc) is 3.41. The molecule has 0 unspecified atom stereocenters. The molecule has 4 aromatic rings. The molecule has 1 saturated heterocycles. The molecule has 0 bridgehead atoms. The van der Waals surface area contributed by atoms with E-state index in [9.17, 15) is 0 Å². The van der Waals surface area contributed by atoms with Gasteiger partial charge in [-0.3, -0.25) is 4.90 Å². The molecule has 2 heterocycles. The molecule has 1 atom stereocenters. The van der Waals surface area contributed by atoms with E-state index in [0.717, 1.165) is 55.5 Å². The van der Waals surface area contributed by atoms with Gasteiger partial charge in [-0.25, -0.2) is 4.68 Å². The van der Waals surface area contributed by atoms with Crippen molar-refractivity contribution >= 4 is 5.69 Å². The Morgan fingerprint density at radius 3 is 2.19 bits per heavy atom. The van der Waals surface area contributed by atoms with E-state index in [4.69, 9.17) is 9.47 Å². The fourth-order valence-electron chi connectivity index (χ4n) is 4.87. The van der Waals surface area contributed by atoms with Gasteiger partial charge >= 0.3 is 0 Å². The van der Waals surface area contributed by atoms with Gasteiger partial charge in [0.2, 0.25) is 0 Å². The van der Waals surface area contributed by atoms with Gasteiger partial charge in [-0.2, -0.15) is 0 Å². The summed E-state index contributed by atoms with van der Waals surface area (Å²) in [5.74, 6) is 2.32. The van der Waals surface area contributed by atoms with Crippen LogP contribution in [0.2, 0.25) is 0 Å². The van der Waals surface area contributed by atoms with E-state index < -0.39 is 0 Å². The van der Waals surface area contributed by atoms with Crippen LogP contribution in [0.5, 0.6) is 11.5 Å². The highest BCUT2D eigenvalue weighted by Crippen LogP contribution is 2.30. The molecule has 0 radical (unpaired) electrons. The highest BCUT2D eigenvalue weighted by Gasteiger charge is 2.30. The maximum Gasteiger partial charge on any atom is 0.173 e. The monoisotopic (exact) mass is 484 g/mol. The number of methoxy groups -OCH3 is 2. The topological polar surface area (TPSA) is 68.5 Å². The Morgan fingerprint density at radius 1 is 0.806 bits per heavy atom. The lowest BCUT2D eigenvalue weighted by atomic mass is 10.0. The van der Waals surface area contributed by atoms with E-state index in [0.29, 0.717) is 6.54 Å². The highest BCUT2D eigenvalue weighted by atomic mass is 16.5. The van der Waals surface area contributed by atoms with Crippen LogP contribution in [0, 0.1) is 0 Å². The van der Waals surface area contributed by atoms with Crippen molar-refractivity contribution in [1.82, 2.24) is 25.1 Å². The van der Waals surface area contributed by atoms with Crippen molar-refractivity contribution in [2.75, 3.05) is 45.3 Å². The molecule has 186 valence electrons. The molecule has 0 spiro atoms. The van der Waals surface area contributed by atoms with Crippen LogP contribution in [-0.4, -0.2) is 65.5 Å². The number of hydrogen-bond donors (Lipinski definition) is 0. The van der Waals surface area contributed by atoms with Gasteiger partial charge in [-0.15, -0.1) is 5.10 Å². The fourth-order valence-corrected chi connectivity index (χ4v) is 4.87. The summed E-state index contributed by atoms with van der Waals surface area (Å²) in [6.07, 6.45) is 0.779. The molecular weight excluding hydrogens is 452 g/mol. The van der Waals surface area contributed by atoms with Gasteiger partial charge in [0.1, 0.15) is 0 Å². The zero-order valence-electron chi connectivity index (χ0n) is 20.8. The molecule has 0 saturated carbocycles. The first kappa shape index (κ1) is 23.8. The van der Waals surface area contributed by atoms with Crippen molar-refractivity contribution < 1.29 is 9.47 Å². The second-order valence-electron chi connectivity index (χ2n) is 8.87. The minimum absolute atomic E-state index is 0.00970. The summed E-state index contributed by atoms with van der Waals surface area (Å²) in [4.78, 5) is 4.94. The van der Waals surface area contributed by atoms with Crippen LogP contribution in [0.25, 0.3) is 0 Å². The summed E-state index contributed by atoms with van der Waals surface area (Å²) in [7, 11) is 3.30. The van der Waals surface area contributed by atoms with Crippen LogP contribution in [0.3, 0.4) is 0 Å². The molecule has 0 N–H and O–H groups in total. The number of piperazine rings is 1. The molecule has 8 heteroatoms. The lowest BCUT2D eigenvalue weighted by Gasteiger charge is -2.39. The fraction of sp³-hybridized carbons (Fsp3) is 0.321. The van der Waals surface area contributed by atoms with Gasteiger partial charge in [-0.1, -0.05) is 54.6 Å². The molecule has 0 aliphatic carbocycles. The highest BCUT2D eigenvalue weighted by molar-refractivity contribution is 5.46. The Bertz CT molecular complexity index is 1240. The van der Waals surface area contributed by atoms with E-state index >= 15 is 0 Å². The van der Waals surface area contributed by atoms with Gasteiger partial charge < -0.3 is 14.4 Å². The number of hydrogen-bond acceptors (Lipinski definition) is 7. The number of para-hydroxylation sites is 1. The van der Waals surface area contributed by atoms with E-state index in [1.54, 1.807) is 14.2 Å². The first-order valence-electron chi connectivity index (χ1n) is 12.3. The zero-order valence-corrected chi connectivity index (χ0v) is 20.8. The number of ether oxygens (including phenoxy) is 2. The number of aromatic nitrogens is 4. The number of rotatable bonds is 9. The molecule has 1 aliphatic rings. The molecule has 5 rings (SSSR count). The second-order valence-corrected chi connectivity index (χ2v) is 8.87. The Labute approximate surface area is 212 Å². The van der Waals surface area contributed by atoms with Crippen LogP contribution in [0.15, 0.2) is 78.9 Å². The van der Waals surface area contributed by atoms with Crippen LogP contribution in [0.1, 0.15) is 23.0 Å². The second kappa shape index (κ2) is 11.2.